The van der Waals surface area contributed by atoms with Crippen molar-refractivity contribution < 1.29 is 18.3 Å². The highest BCUT2D eigenvalue weighted by Crippen LogP contribution is 2.31. The summed E-state index contributed by atoms with van der Waals surface area (Å²) >= 11 is 5.28. The molecule has 0 bridgehead atoms. The molecule has 22 heavy (non-hydrogen) atoms. The van der Waals surface area contributed by atoms with E-state index >= 15 is 0 Å². The van der Waals surface area contributed by atoms with Crippen molar-refractivity contribution in [3.05, 3.63) is 46.7 Å². The van der Waals surface area contributed by atoms with Crippen molar-refractivity contribution in [2.75, 3.05) is 13.7 Å². The number of ether oxygens (including phenoxy) is 1. The molecular formula is C15H16F2N2O2S. The largest absolute Gasteiger partial charge is 0.466 e. The molecule has 7 heteroatoms. The molecule has 1 aliphatic heterocycles. The topological polar surface area (TPSA) is 41.6 Å². The Morgan fingerprint density at radius 3 is 2.64 bits per heavy atom. The second kappa shape index (κ2) is 6.39. The first-order valence-corrected chi connectivity index (χ1v) is 7.13. The van der Waals surface area contributed by atoms with Gasteiger partial charge in [0.15, 0.2) is 16.7 Å². The van der Waals surface area contributed by atoms with E-state index in [0.29, 0.717) is 28.5 Å². The Morgan fingerprint density at radius 1 is 1.41 bits per heavy atom. The Balaban J connectivity index is 2.57. The van der Waals surface area contributed by atoms with Crippen LogP contribution in [0.25, 0.3) is 0 Å². The number of hydrogen-bond donors (Lipinski definition) is 1. The monoisotopic (exact) mass is 326 g/mol. The van der Waals surface area contributed by atoms with Crippen molar-refractivity contribution in [3.8, 4) is 0 Å². The number of benzene rings is 1. The van der Waals surface area contributed by atoms with Gasteiger partial charge >= 0.3 is 5.97 Å². The summed E-state index contributed by atoms with van der Waals surface area (Å²) in [4.78, 5) is 13.9. The summed E-state index contributed by atoms with van der Waals surface area (Å²) in [6.07, 6.45) is 0. The number of thiocarbonyl (C=S) groups is 1. The molecule has 1 aliphatic rings. The Morgan fingerprint density at radius 2 is 2.09 bits per heavy atom. The molecule has 0 saturated heterocycles. The van der Waals surface area contributed by atoms with E-state index < -0.39 is 23.6 Å². The first-order chi connectivity index (χ1) is 10.4. The third-order valence-electron chi connectivity index (χ3n) is 3.59. The van der Waals surface area contributed by atoms with Crippen molar-refractivity contribution in [2.45, 2.75) is 19.9 Å². The van der Waals surface area contributed by atoms with Crippen LogP contribution in [0.2, 0.25) is 0 Å². The number of esters is 1. The number of rotatable bonds is 3. The van der Waals surface area contributed by atoms with Gasteiger partial charge in [0, 0.05) is 12.2 Å². The van der Waals surface area contributed by atoms with Crippen LogP contribution in [0.5, 0.6) is 0 Å². The molecule has 1 aromatic carbocycles. The number of nitrogens with one attached hydrogen (secondary N) is 1. The smallest absolute Gasteiger partial charge is 0.337 e. The molecule has 0 aromatic heterocycles. The highest BCUT2D eigenvalue weighted by Gasteiger charge is 2.34. The quantitative estimate of drug-likeness (QED) is 0.683. The van der Waals surface area contributed by atoms with E-state index in [1.807, 2.05) is 6.92 Å². The normalized spacial score (nSPS) is 18.3. The fraction of sp³-hybridized carbons (Fsp3) is 0.333. The maximum absolute atomic E-state index is 13.5. The lowest BCUT2D eigenvalue weighted by molar-refractivity contribution is -0.136. The van der Waals surface area contributed by atoms with Crippen LogP contribution in [0, 0.1) is 11.6 Å². The third kappa shape index (κ3) is 2.81. The molecular weight excluding hydrogens is 310 g/mol. The minimum atomic E-state index is -0.981. The van der Waals surface area contributed by atoms with Crippen molar-refractivity contribution in [1.29, 1.82) is 0 Å². The summed E-state index contributed by atoms with van der Waals surface area (Å²) in [5.74, 6) is -2.47. The van der Waals surface area contributed by atoms with Crippen molar-refractivity contribution in [3.63, 3.8) is 0 Å². The molecule has 0 aliphatic carbocycles. The minimum absolute atomic E-state index is 0.323. The maximum atomic E-state index is 13.5. The Hall–Kier alpha value is -2.02. The molecule has 1 heterocycles. The zero-order chi connectivity index (χ0) is 16.4. The summed E-state index contributed by atoms with van der Waals surface area (Å²) in [7, 11) is 1.27. The highest BCUT2D eigenvalue weighted by molar-refractivity contribution is 7.80. The van der Waals surface area contributed by atoms with Gasteiger partial charge in [0.05, 0.1) is 18.7 Å². The van der Waals surface area contributed by atoms with Crippen LogP contribution in [-0.2, 0) is 9.53 Å². The van der Waals surface area contributed by atoms with E-state index in [0.717, 1.165) is 12.1 Å². The van der Waals surface area contributed by atoms with Gasteiger partial charge in [-0.25, -0.2) is 13.6 Å². The van der Waals surface area contributed by atoms with Gasteiger partial charge in [-0.15, -0.1) is 0 Å². The van der Waals surface area contributed by atoms with Crippen LogP contribution in [0.4, 0.5) is 8.78 Å². The molecule has 0 saturated carbocycles. The molecule has 4 nitrogen and oxygen atoms in total. The fourth-order valence-corrected chi connectivity index (χ4v) is 2.86. The van der Waals surface area contributed by atoms with Crippen LogP contribution < -0.4 is 5.32 Å². The van der Waals surface area contributed by atoms with E-state index in [2.05, 4.69) is 5.32 Å². The van der Waals surface area contributed by atoms with E-state index in [-0.39, 0.29) is 0 Å². The van der Waals surface area contributed by atoms with Gasteiger partial charge in [-0.2, -0.15) is 0 Å². The Kier molecular flexibility index (Phi) is 4.75. The summed E-state index contributed by atoms with van der Waals surface area (Å²) in [5, 5.41) is 3.40. The first kappa shape index (κ1) is 16.4. The number of nitrogens with zero attached hydrogens (tertiary/aromatic N) is 1. The predicted octanol–water partition coefficient (Wildman–Crippen LogP) is 2.66. The molecule has 2 rings (SSSR count). The fourth-order valence-electron chi connectivity index (χ4n) is 2.48. The molecule has 0 spiro atoms. The number of allylic oxidation sites excluding steroid dienone is 1. The van der Waals surface area contributed by atoms with Gasteiger partial charge < -0.3 is 15.0 Å². The van der Waals surface area contributed by atoms with E-state index in [1.165, 1.54) is 13.2 Å². The van der Waals surface area contributed by atoms with Gasteiger partial charge in [-0.3, -0.25) is 0 Å². The van der Waals surface area contributed by atoms with Gasteiger partial charge in [-0.1, -0.05) is 6.07 Å². The minimum Gasteiger partial charge on any atom is -0.466 e. The Bertz CT molecular complexity index is 661. The zero-order valence-electron chi connectivity index (χ0n) is 12.4. The first-order valence-electron chi connectivity index (χ1n) is 6.72. The molecule has 1 N–H and O–H groups in total. The molecule has 0 unspecified atom stereocenters. The maximum Gasteiger partial charge on any atom is 0.337 e. The van der Waals surface area contributed by atoms with Gasteiger partial charge in [0.25, 0.3) is 0 Å². The van der Waals surface area contributed by atoms with Crippen LogP contribution in [0.3, 0.4) is 0 Å². The number of methoxy groups -OCH3 is 1. The lowest BCUT2D eigenvalue weighted by Gasteiger charge is -2.36. The summed E-state index contributed by atoms with van der Waals surface area (Å²) in [5.41, 5.74) is 1.36. The van der Waals surface area contributed by atoms with Gasteiger partial charge in [0.2, 0.25) is 0 Å². The van der Waals surface area contributed by atoms with Crippen LogP contribution in [0.15, 0.2) is 29.5 Å². The summed E-state index contributed by atoms with van der Waals surface area (Å²) in [6.45, 7) is 4.21. The van der Waals surface area contributed by atoms with Crippen molar-refractivity contribution in [1.82, 2.24) is 10.2 Å². The van der Waals surface area contributed by atoms with Crippen LogP contribution in [0.1, 0.15) is 25.5 Å². The van der Waals surface area contributed by atoms with E-state index in [4.69, 9.17) is 17.0 Å². The van der Waals surface area contributed by atoms with Crippen molar-refractivity contribution >= 4 is 23.3 Å². The molecule has 0 amide bonds. The summed E-state index contributed by atoms with van der Waals surface area (Å²) in [6, 6.07) is 2.80. The number of halogens is 2. The Labute approximate surface area is 132 Å². The number of hydrogen-bond acceptors (Lipinski definition) is 3. The average molecular weight is 326 g/mol. The van der Waals surface area contributed by atoms with Gasteiger partial charge in [0.1, 0.15) is 0 Å². The lowest BCUT2D eigenvalue weighted by Crippen LogP contribution is -2.47. The molecule has 0 fully saturated rings. The molecule has 0 radical (unpaired) electrons. The van der Waals surface area contributed by atoms with Crippen molar-refractivity contribution in [2.24, 2.45) is 0 Å². The van der Waals surface area contributed by atoms with E-state index in [9.17, 15) is 13.6 Å². The predicted molar refractivity (Wildman–Crippen MR) is 81.9 cm³/mol. The number of carbonyl (C=O) groups excluding carboxylic acids is 1. The third-order valence-corrected chi connectivity index (χ3v) is 3.93. The van der Waals surface area contributed by atoms with Crippen LogP contribution in [-0.4, -0.2) is 29.6 Å². The van der Waals surface area contributed by atoms with Gasteiger partial charge in [-0.05, 0) is 43.8 Å². The SMILES string of the molecule is CCN1C(=S)N[C@@H](c2ccc(F)c(F)c2)C(C(=O)OC)=C1C. The summed E-state index contributed by atoms with van der Waals surface area (Å²) < 4.78 is 31.4. The van der Waals surface area contributed by atoms with Crippen LogP contribution >= 0.6 is 12.2 Å². The molecule has 118 valence electrons. The second-order valence-electron chi connectivity index (χ2n) is 4.79. The second-order valence-corrected chi connectivity index (χ2v) is 5.18. The molecule has 1 aromatic rings. The van der Waals surface area contributed by atoms with E-state index in [1.54, 1.807) is 11.8 Å². The lowest BCUT2D eigenvalue weighted by atomic mass is 9.95. The molecule has 1 atom stereocenters. The zero-order valence-corrected chi connectivity index (χ0v) is 13.3. The highest BCUT2D eigenvalue weighted by atomic mass is 32.1. The standard InChI is InChI=1S/C15H16F2N2O2S/c1-4-19-8(2)12(14(20)21-3)13(18-15(19)22)9-5-6-10(16)11(17)7-9/h5-7,13H,4H2,1-3H3,(H,18,22)/t13-/m0/s1. The number of carbonyl (C=O) groups is 1. The average Bonchev–Trinajstić information content (AvgIpc) is 2.49.